The van der Waals surface area contributed by atoms with Gasteiger partial charge in [-0.1, -0.05) is 52.0 Å². The largest absolute Gasteiger partial charge is 0.0843 e. The molecule has 0 radical (unpaired) electrons. The first kappa shape index (κ1) is 10.8. The summed E-state index contributed by atoms with van der Waals surface area (Å²) in [6, 6.07) is 5.64. The van der Waals surface area contributed by atoms with Crippen molar-refractivity contribution in [3.63, 3.8) is 0 Å². The van der Waals surface area contributed by atoms with E-state index in [0.29, 0.717) is 4.83 Å². The van der Waals surface area contributed by atoms with Gasteiger partial charge in [0.05, 0.1) is 0 Å². The van der Waals surface area contributed by atoms with Crippen LogP contribution in [0.25, 0.3) is 0 Å². The molecule has 1 aromatic rings. The average molecular weight is 294 g/mol. The monoisotopic (exact) mass is 292 g/mol. The van der Waals surface area contributed by atoms with Crippen molar-refractivity contribution in [3.8, 4) is 0 Å². The van der Waals surface area contributed by atoms with Crippen molar-refractivity contribution in [1.29, 1.82) is 0 Å². The molecule has 0 aromatic heterocycles. The summed E-state index contributed by atoms with van der Waals surface area (Å²) >= 11 is 15.7. The summed E-state index contributed by atoms with van der Waals surface area (Å²) < 4.78 is 0. The number of benzene rings is 1. The van der Waals surface area contributed by atoms with E-state index in [0.717, 1.165) is 21.5 Å². The molecule has 1 atom stereocenters. The van der Waals surface area contributed by atoms with Crippen molar-refractivity contribution < 1.29 is 0 Å². The Morgan fingerprint density at radius 2 is 2.07 bits per heavy atom. The molecule has 1 fully saturated rings. The zero-order chi connectivity index (χ0) is 10.1. The van der Waals surface area contributed by atoms with Crippen LogP contribution in [0, 0.1) is 5.92 Å². The fourth-order valence-corrected chi connectivity index (χ4v) is 3.00. The van der Waals surface area contributed by atoms with E-state index in [9.17, 15) is 0 Å². The second kappa shape index (κ2) is 4.42. The summed E-state index contributed by atoms with van der Waals surface area (Å²) in [5.41, 5.74) is 1.12. The van der Waals surface area contributed by atoms with Gasteiger partial charge >= 0.3 is 0 Å². The van der Waals surface area contributed by atoms with Crippen molar-refractivity contribution >= 4 is 39.1 Å². The van der Waals surface area contributed by atoms with Crippen molar-refractivity contribution in [2.45, 2.75) is 24.1 Å². The molecule has 1 aliphatic carbocycles. The molecule has 0 N–H and O–H groups in total. The minimum atomic E-state index is 0.348. The van der Waals surface area contributed by atoms with Gasteiger partial charge in [0.2, 0.25) is 0 Å². The lowest BCUT2D eigenvalue weighted by Crippen LogP contribution is -1.92. The molecule has 0 amide bonds. The Morgan fingerprint density at radius 3 is 2.71 bits per heavy atom. The topological polar surface area (TPSA) is 0 Å². The van der Waals surface area contributed by atoms with Crippen LogP contribution < -0.4 is 0 Å². The Balaban J connectivity index is 2.15. The van der Waals surface area contributed by atoms with Crippen LogP contribution in [0.15, 0.2) is 18.2 Å². The molecular formula is C11H11BrCl2. The highest BCUT2D eigenvalue weighted by atomic mass is 79.9. The molecule has 0 spiro atoms. The number of rotatable bonds is 3. The number of halogens is 3. The third kappa shape index (κ3) is 2.65. The average Bonchev–Trinajstić information content (AvgIpc) is 2.93. The van der Waals surface area contributed by atoms with Gasteiger partial charge in [0.1, 0.15) is 0 Å². The van der Waals surface area contributed by atoms with Crippen LogP contribution in [0.3, 0.4) is 0 Å². The van der Waals surface area contributed by atoms with E-state index >= 15 is 0 Å². The Labute approximate surface area is 103 Å². The minimum absolute atomic E-state index is 0.348. The lowest BCUT2D eigenvalue weighted by atomic mass is 10.1. The van der Waals surface area contributed by atoms with Crippen LogP contribution in [0.1, 0.15) is 29.7 Å². The maximum atomic E-state index is 6.11. The second-order valence-electron chi connectivity index (χ2n) is 3.81. The first-order valence-electron chi connectivity index (χ1n) is 4.76. The summed E-state index contributed by atoms with van der Waals surface area (Å²) in [6.07, 6.45) is 3.89. The minimum Gasteiger partial charge on any atom is -0.0843 e. The predicted octanol–water partition coefficient (Wildman–Crippen LogP) is 5.23. The predicted molar refractivity (Wildman–Crippen MR) is 65.5 cm³/mol. The Kier molecular flexibility index (Phi) is 3.41. The van der Waals surface area contributed by atoms with Crippen molar-refractivity contribution in [2.24, 2.45) is 5.92 Å². The number of alkyl halides is 1. The molecule has 1 saturated carbocycles. The van der Waals surface area contributed by atoms with Gasteiger partial charge in [-0.15, -0.1) is 0 Å². The van der Waals surface area contributed by atoms with Crippen LogP contribution in [-0.4, -0.2) is 0 Å². The zero-order valence-electron chi connectivity index (χ0n) is 7.64. The lowest BCUT2D eigenvalue weighted by molar-refractivity contribution is 0.721. The summed E-state index contributed by atoms with van der Waals surface area (Å²) in [5.74, 6) is 0.884. The Bertz CT molecular complexity index is 334. The van der Waals surface area contributed by atoms with Gasteiger partial charge in [0, 0.05) is 14.9 Å². The molecule has 0 nitrogen and oxygen atoms in total. The van der Waals surface area contributed by atoms with E-state index in [-0.39, 0.29) is 0 Å². The molecule has 1 aliphatic rings. The van der Waals surface area contributed by atoms with E-state index in [4.69, 9.17) is 23.2 Å². The smallest absolute Gasteiger partial charge is 0.0450 e. The summed E-state index contributed by atoms with van der Waals surface area (Å²) in [7, 11) is 0. The lowest BCUT2D eigenvalue weighted by Gasteiger charge is -2.11. The molecule has 76 valence electrons. The maximum Gasteiger partial charge on any atom is 0.0450 e. The van der Waals surface area contributed by atoms with Crippen molar-refractivity contribution in [1.82, 2.24) is 0 Å². The summed E-state index contributed by atoms with van der Waals surface area (Å²) in [6.45, 7) is 0. The van der Waals surface area contributed by atoms with Gasteiger partial charge < -0.3 is 0 Å². The molecule has 0 saturated heterocycles. The van der Waals surface area contributed by atoms with E-state index in [1.165, 1.54) is 19.3 Å². The Morgan fingerprint density at radius 1 is 1.36 bits per heavy atom. The first-order valence-corrected chi connectivity index (χ1v) is 6.43. The molecular weight excluding hydrogens is 283 g/mol. The fraction of sp³-hybridized carbons (Fsp3) is 0.455. The molecule has 0 aliphatic heterocycles. The third-order valence-electron chi connectivity index (χ3n) is 2.53. The van der Waals surface area contributed by atoms with Gasteiger partial charge in [-0.2, -0.15) is 0 Å². The van der Waals surface area contributed by atoms with Crippen LogP contribution in [-0.2, 0) is 0 Å². The van der Waals surface area contributed by atoms with Crippen LogP contribution >= 0.6 is 39.1 Å². The van der Waals surface area contributed by atoms with Gasteiger partial charge in [0.15, 0.2) is 0 Å². The van der Waals surface area contributed by atoms with Gasteiger partial charge in [-0.3, -0.25) is 0 Å². The second-order valence-corrected chi connectivity index (χ2v) is 5.76. The molecule has 0 heterocycles. The van der Waals surface area contributed by atoms with Crippen LogP contribution in [0.4, 0.5) is 0 Å². The zero-order valence-corrected chi connectivity index (χ0v) is 10.7. The summed E-state index contributed by atoms with van der Waals surface area (Å²) in [4.78, 5) is 0.348. The normalized spacial score (nSPS) is 18.2. The van der Waals surface area contributed by atoms with E-state index in [1.54, 1.807) is 0 Å². The highest BCUT2D eigenvalue weighted by Crippen LogP contribution is 2.43. The first-order chi connectivity index (χ1) is 6.66. The van der Waals surface area contributed by atoms with E-state index in [2.05, 4.69) is 15.9 Å². The molecule has 1 aromatic carbocycles. The van der Waals surface area contributed by atoms with Crippen LogP contribution in [0.5, 0.6) is 0 Å². The third-order valence-corrected chi connectivity index (χ3v) is 3.98. The van der Waals surface area contributed by atoms with Gasteiger partial charge in [0.25, 0.3) is 0 Å². The molecule has 0 bridgehead atoms. The molecule has 14 heavy (non-hydrogen) atoms. The van der Waals surface area contributed by atoms with E-state index in [1.807, 2.05) is 18.2 Å². The highest BCUT2D eigenvalue weighted by molar-refractivity contribution is 9.09. The molecule has 2 rings (SSSR count). The van der Waals surface area contributed by atoms with Gasteiger partial charge in [-0.25, -0.2) is 0 Å². The Hall–Kier alpha value is 0.280. The number of hydrogen-bond donors (Lipinski definition) is 0. The number of hydrogen-bond acceptors (Lipinski definition) is 0. The SMILES string of the molecule is Clc1ccc(Cl)c(C(Br)CC2CC2)c1. The quantitative estimate of drug-likeness (QED) is 0.670. The van der Waals surface area contributed by atoms with Crippen molar-refractivity contribution in [3.05, 3.63) is 33.8 Å². The molecule has 3 heteroatoms. The van der Waals surface area contributed by atoms with E-state index < -0.39 is 0 Å². The molecule has 1 unspecified atom stereocenters. The fourth-order valence-electron chi connectivity index (χ4n) is 1.53. The van der Waals surface area contributed by atoms with Crippen LogP contribution in [0.2, 0.25) is 10.0 Å². The standard InChI is InChI=1S/C11H11BrCl2/c12-10(5-7-1-2-7)9-6-8(13)3-4-11(9)14/h3-4,6-7,10H,1-2,5H2. The summed E-state index contributed by atoms with van der Waals surface area (Å²) in [5, 5.41) is 1.56. The van der Waals surface area contributed by atoms with Gasteiger partial charge in [-0.05, 0) is 36.1 Å². The maximum absolute atomic E-state index is 6.11. The van der Waals surface area contributed by atoms with Crippen molar-refractivity contribution in [2.75, 3.05) is 0 Å². The highest BCUT2D eigenvalue weighted by Gasteiger charge is 2.25.